The van der Waals surface area contributed by atoms with E-state index in [-0.39, 0.29) is 5.91 Å². The van der Waals surface area contributed by atoms with Gasteiger partial charge in [-0.3, -0.25) is 4.79 Å². The SMILES string of the molecule is COc1ccc([C@@H]2[C@@H](N)C(=O)N2c2ccc(C(F)(F)F)cc2)cc1. The van der Waals surface area contributed by atoms with Crippen LogP contribution in [0.1, 0.15) is 17.2 Å². The highest BCUT2D eigenvalue weighted by molar-refractivity contribution is 6.05. The van der Waals surface area contributed by atoms with E-state index in [1.54, 1.807) is 31.4 Å². The number of nitrogens with two attached hydrogens (primary N) is 1. The van der Waals surface area contributed by atoms with Crippen molar-refractivity contribution in [1.82, 2.24) is 0 Å². The number of methoxy groups -OCH3 is 1. The maximum absolute atomic E-state index is 12.7. The second-order valence-corrected chi connectivity index (χ2v) is 5.50. The lowest BCUT2D eigenvalue weighted by atomic mass is 9.88. The van der Waals surface area contributed by atoms with Crippen molar-refractivity contribution < 1.29 is 22.7 Å². The quantitative estimate of drug-likeness (QED) is 0.876. The molecule has 1 aliphatic heterocycles. The van der Waals surface area contributed by atoms with Gasteiger partial charge in [0.05, 0.1) is 18.7 Å². The number of ether oxygens (including phenoxy) is 1. The third-order valence-corrected chi connectivity index (χ3v) is 4.07. The lowest BCUT2D eigenvalue weighted by Crippen LogP contribution is -2.63. The maximum atomic E-state index is 12.7. The first-order valence-electron chi connectivity index (χ1n) is 7.23. The van der Waals surface area contributed by atoms with Crippen molar-refractivity contribution in [2.75, 3.05) is 12.0 Å². The highest BCUT2D eigenvalue weighted by atomic mass is 19.4. The minimum Gasteiger partial charge on any atom is -0.497 e. The molecule has 0 unspecified atom stereocenters. The first-order valence-corrected chi connectivity index (χ1v) is 7.23. The van der Waals surface area contributed by atoms with Gasteiger partial charge in [0.25, 0.3) is 0 Å². The van der Waals surface area contributed by atoms with Crippen molar-refractivity contribution in [2.24, 2.45) is 5.73 Å². The molecule has 1 amide bonds. The summed E-state index contributed by atoms with van der Waals surface area (Å²) in [6, 6.07) is 10.4. The molecular formula is C17H15F3N2O2. The molecule has 126 valence electrons. The Balaban J connectivity index is 1.89. The molecule has 3 rings (SSSR count). The molecule has 1 saturated heterocycles. The van der Waals surface area contributed by atoms with Crippen molar-refractivity contribution >= 4 is 11.6 Å². The lowest BCUT2D eigenvalue weighted by Gasteiger charge is -2.45. The van der Waals surface area contributed by atoms with E-state index < -0.39 is 23.8 Å². The average molecular weight is 336 g/mol. The van der Waals surface area contributed by atoms with Crippen molar-refractivity contribution in [3.8, 4) is 5.75 Å². The smallest absolute Gasteiger partial charge is 0.416 e. The summed E-state index contributed by atoms with van der Waals surface area (Å²) in [5.74, 6) is 0.342. The van der Waals surface area contributed by atoms with Crippen LogP contribution in [0.15, 0.2) is 48.5 Å². The van der Waals surface area contributed by atoms with Crippen molar-refractivity contribution in [3.63, 3.8) is 0 Å². The van der Waals surface area contributed by atoms with Crippen molar-refractivity contribution in [3.05, 3.63) is 59.7 Å². The molecule has 2 aromatic carbocycles. The number of nitrogens with zero attached hydrogens (tertiary/aromatic N) is 1. The van der Waals surface area contributed by atoms with Gasteiger partial charge in [0.15, 0.2) is 0 Å². The molecule has 0 radical (unpaired) electrons. The first-order chi connectivity index (χ1) is 11.3. The predicted molar refractivity (Wildman–Crippen MR) is 82.6 cm³/mol. The zero-order valence-corrected chi connectivity index (χ0v) is 12.7. The number of hydrogen-bond donors (Lipinski definition) is 1. The summed E-state index contributed by atoms with van der Waals surface area (Å²) in [5.41, 5.74) is 6.31. The number of rotatable bonds is 3. The van der Waals surface area contributed by atoms with E-state index in [4.69, 9.17) is 10.5 Å². The Labute approximate surface area is 136 Å². The van der Waals surface area contributed by atoms with Gasteiger partial charge >= 0.3 is 6.18 Å². The summed E-state index contributed by atoms with van der Waals surface area (Å²) in [6.45, 7) is 0. The molecule has 2 atom stereocenters. The number of anilines is 1. The van der Waals surface area contributed by atoms with E-state index in [1.807, 2.05) is 0 Å². The first kappa shape index (κ1) is 16.3. The highest BCUT2D eigenvalue weighted by Crippen LogP contribution is 2.39. The van der Waals surface area contributed by atoms with E-state index in [1.165, 1.54) is 17.0 Å². The highest BCUT2D eigenvalue weighted by Gasteiger charge is 2.46. The topological polar surface area (TPSA) is 55.6 Å². The van der Waals surface area contributed by atoms with Gasteiger partial charge in [-0.25, -0.2) is 0 Å². The summed E-state index contributed by atoms with van der Waals surface area (Å²) in [5, 5.41) is 0. The van der Waals surface area contributed by atoms with Gasteiger partial charge in [-0.05, 0) is 42.0 Å². The third-order valence-electron chi connectivity index (χ3n) is 4.07. The van der Waals surface area contributed by atoms with Gasteiger partial charge in [0, 0.05) is 5.69 Å². The molecular weight excluding hydrogens is 321 g/mol. The van der Waals surface area contributed by atoms with Crippen LogP contribution in [-0.2, 0) is 11.0 Å². The van der Waals surface area contributed by atoms with E-state index in [9.17, 15) is 18.0 Å². The zero-order chi connectivity index (χ0) is 17.5. The van der Waals surface area contributed by atoms with E-state index in [0.717, 1.165) is 17.7 Å². The molecule has 7 heteroatoms. The molecule has 0 aliphatic carbocycles. The van der Waals surface area contributed by atoms with Crippen LogP contribution >= 0.6 is 0 Å². The van der Waals surface area contributed by atoms with E-state index >= 15 is 0 Å². The number of β-lactam (4-membered cyclic amide) rings is 1. The van der Waals surface area contributed by atoms with E-state index in [0.29, 0.717) is 11.4 Å². The summed E-state index contributed by atoms with van der Waals surface area (Å²) >= 11 is 0. The van der Waals surface area contributed by atoms with Crippen LogP contribution in [0, 0.1) is 0 Å². The number of amides is 1. The maximum Gasteiger partial charge on any atom is 0.416 e. The number of carbonyl (C=O) groups is 1. The molecule has 4 nitrogen and oxygen atoms in total. The second-order valence-electron chi connectivity index (χ2n) is 5.50. The second kappa shape index (κ2) is 5.83. The van der Waals surface area contributed by atoms with Crippen molar-refractivity contribution in [1.29, 1.82) is 0 Å². The van der Waals surface area contributed by atoms with Gasteiger partial charge in [-0.2, -0.15) is 13.2 Å². The van der Waals surface area contributed by atoms with Gasteiger partial charge in [-0.15, -0.1) is 0 Å². The van der Waals surface area contributed by atoms with Crippen LogP contribution in [-0.4, -0.2) is 19.1 Å². The molecule has 1 heterocycles. The van der Waals surface area contributed by atoms with Crippen LogP contribution in [0.5, 0.6) is 5.75 Å². The third kappa shape index (κ3) is 2.71. The molecule has 1 fully saturated rings. The fourth-order valence-corrected chi connectivity index (χ4v) is 2.77. The standard InChI is InChI=1S/C17H15F3N2O2/c1-24-13-8-2-10(3-9-13)15-14(21)16(23)22(15)12-6-4-11(5-7-12)17(18,19)20/h2-9,14-15H,21H2,1H3/t14-,15-/m1/s1. The van der Waals surface area contributed by atoms with Crippen LogP contribution in [0.3, 0.4) is 0 Å². The number of benzene rings is 2. The van der Waals surface area contributed by atoms with Crippen LogP contribution in [0.4, 0.5) is 18.9 Å². The Morgan fingerprint density at radius 1 is 1.04 bits per heavy atom. The van der Waals surface area contributed by atoms with Gasteiger partial charge < -0.3 is 15.4 Å². The minimum atomic E-state index is -4.41. The molecule has 0 bridgehead atoms. The molecule has 0 aromatic heterocycles. The van der Waals surface area contributed by atoms with Gasteiger partial charge in [0.1, 0.15) is 11.8 Å². The Bertz CT molecular complexity index is 742. The molecule has 0 spiro atoms. The predicted octanol–water partition coefficient (Wildman–Crippen LogP) is 3.13. The summed E-state index contributed by atoms with van der Waals surface area (Å²) in [7, 11) is 1.54. The molecule has 2 N–H and O–H groups in total. The molecule has 1 aliphatic rings. The molecule has 24 heavy (non-hydrogen) atoms. The fraction of sp³-hybridized carbons (Fsp3) is 0.235. The van der Waals surface area contributed by atoms with Crippen LogP contribution in [0.25, 0.3) is 0 Å². The Morgan fingerprint density at radius 2 is 1.62 bits per heavy atom. The zero-order valence-electron chi connectivity index (χ0n) is 12.7. The molecule has 0 saturated carbocycles. The number of carbonyl (C=O) groups excluding carboxylic acids is 1. The average Bonchev–Trinajstić information content (AvgIpc) is 2.58. The Kier molecular flexibility index (Phi) is 3.96. The van der Waals surface area contributed by atoms with Crippen LogP contribution in [0.2, 0.25) is 0 Å². The van der Waals surface area contributed by atoms with Crippen molar-refractivity contribution in [2.45, 2.75) is 18.3 Å². The normalized spacial score (nSPS) is 20.7. The number of hydrogen-bond acceptors (Lipinski definition) is 3. The summed E-state index contributed by atoms with van der Waals surface area (Å²) < 4.78 is 43.1. The minimum absolute atomic E-state index is 0.324. The monoisotopic (exact) mass is 336 g/mol. The summed E-state index contributed by atoms with van der Waals surface area (Å²) in [4.78, 5) is 13.5. The Morgan fingerprint density at radius 3 is 2.12 bits per heavy atom. The van der Waals surface area contributed by atoms with E-state index in [2.05, 4.69) is 0 Å². The molecule has 2 aromatic rings. The summed E-state index contributed by atoms with van der Waals surface area (Å²) in [6.07, 6.45) is -4.41. The number of alkyl halides is 3. The fourth-order valence-electron chi connectivity index (χ4n) is 2.77. The van der Waals surface area contributed by atoms with Gasteiger partial charge in [0.2, 0.25) is 5.91 Å². The number of halogens is 3. The Hall–Kier alpha value is -2.54. The van der Waals surface area contributed by atoms with Gasteiger partial charge in [-0.1, -0.05) is 12.1 Å². The lowest BCUT2D eigenvalue weighted by molar-refractivity contribution is -0.137. The largest absolute Gasteiger partial charge is 0.497 e. The van der Waals surface area contributed by atoms with Crippen LogP contribution < -0.4 is 15.4 Å².